The Balaban J connectivity index is 2.43. The molecule has 2 rings (SSSR count). The fourth-order valence-corrected chi connectivity index (χ4v) is 1.75. The van der Waals surface area contributed by atoms with Gasteiger partial charge in [-0.15, -0.1) is 0 Å². The van der Waals surface area contributed by atoms with Crippen molar-refractivity contribution in [3.05, 3.63) is 50.6 Å². The third-order valence-corrected chi connectivity index (χ3v) is 2.81. The number of aromatic nitrogens is 3. The Hall–Kier alpha value is -2.28. The van der Waals surface area contributed by atoms with E-state index in [0.29, 0.717) is 18.1 Å². The zero-order chi connectivity index (χ0) is 14.5. The molecule has 0 amide bonds. The molecule has 0 atom stereocenters. The molecule has 0 aliphatic rings. The van der Waals surface area contributed by atoms with Gasteiger partial charge in [0.25, 0.3) is 5.56 Å². The fraction of sp³-hybridized carbons (Fsp3) is 0.231. The van der Waals surface area contributed by atoms with E-state index in [-0.39, 0.29) is 10.3 Å². The smallest absolute Gasteiger partial charge is 0.296 e. The van der Waals surface area contributed by atoms with Gasteiger partial charge in [0.15, 0.2) is 0 Å². The molecule has 6 nitrogen and oxygen atoms in total. The second-order valence-electron chi connectivity index (χ2n) is 3.95. The summed E-state index contributed by atoms with van der Waals surface area (Å²) < 4.78 is 6.73. The van der Waals surface area contributed by atoms with Gasteiger partial charge in [-0.05, 0) is 38.2 Å². The summed E-state index contributed by atoms with van der Waals surface area (Å²) in [5, 5.41) is 10.5. The van der Waals surface area contributed by atoms with Gasteiger partial charge in [0.05, 0.1) is 12.8 Å². The number of rotatable bonds is 4. The Kier molecular flexibility index (Phi) is 4.41. The van der Waals surface area contributed by atoms with Gasteiger partial charge in [0, 0.05) is 5.56 Å². The molecule has 20 heavy (non-hydrogen) atoms. The average molecular weight is 290 g/mol. The molecule has 0 aliphatic heterocycles. The van der Waals surface area contributed by atoms with Gasteiger partial charge < -0.3 is 4.74 Å². The highest BCUT2D eigenvalue weighted by atomic mass is 32.1. The van der Waals surface area contributed by atoms with Gasteiger partial charge in [-0.25, -0.2) is 0 Å². The Labute approximate surface area is 120 Å². The highest BCUT2D eigenvalue weighted by molar-refractivity contribution is 7.71. The standard InChI is InChI=1S/C13H14N4O2S/c1-3-19-11-7-5-4-6-10(11)8-14-17-12(18)9(2)15-16-13(17)20/h4-8H,3H2,1-2H3,(H,16,20). The normalized spacial score (nSPS) is 10.9. The van der Waals surface area contributed by atoms with Gasteiger partial charge >= 0.3 is 0 Å². The van der Waals surface area contributed by atoms with E-state index in [1.165, 1.54) is 6.21 Å². The summed E-state index contributed by atoms with van der Waals surface area (Å²) in [7, 11) is 0. The molecule has 0 radical (unpaired) electrons. The Bertz CT molecular complexity index is 749. The first-order chi connectivity index (χ1) is 9.63. The Morgan fingerprint density at radius 3 is 3.00 bits per heavy atom. The summed E-state index contributed by atoms with van der Waals surface area (Å²) in [6.07, 6.45) is 1.54. The third kappa shape index (κ3) is 3.00. The number of nitrogens with zero attached hydrogens (tertiary/aromatic N) is 3. The summed E-state index contributed by atoms with van der Waals surface area (Å²) in [6.45, 7) is 4.05. The first-order valence-corrected chi connectivity index (χ1v) is 6.49. The molecule has 0 unspecified atom stereocenters. The summed E-state index contributed by atoms with van der Waals surface area (Å²) in [6, 6.07) is 7.43. The zero-order valence-corrected chi connectivity index (χ0v) is 12.0. The largest absolute Gasteiger partial charge is 0.493 e. The van der Waals surface area contributed by atoms with Crippen LogP contribution in [0.2, 0.25) is 0 Å². The molecule has 0 spiro atoms. The predicted molar refractivity (Wildman–Crippen MR) is 79.0 cm³/mol. The van der Waals surface area contributed by atoms with E-state index in [1.807, 2.05) is 31.2 Å². The molecule has 0 aliphatic carbocycles. The van der Waals surface area contributed by atoms with E-state index in [0.717, 1.165) is 10.2 Å². The quantitative estimate of drug-likeness (QED) is 0.689. The molecule has 0 fully saturated rings. The molecule has 7 heteroatoms. The molecule has 104 valence electrons. The molecular weight excluding hydrogens is 276 g/mol. The SMILES string of the molecule is CCOc1ccccc1C=Nn1c(=S)[nH]nc(C)c1=O. The number of nitrogens with one attached hydrogen (secondary N) is 1. The first kappa shape index (κ1) is 14.1. The monoisotopic (exact) mass is 290 g/mol. The number of hydrogen-bond donors (Lipinski definition) is 1. The van der Waals surface area contributed by atoms with Crippen molar-refractivity contribution < 1.29 is 4.74 Å². The molecule has 1 aromatic heterocycles. The number of aromatic amines is 1. The Morgan fingerprint density at radius 1 is 1.50 bits per heavy atom. The number of benzene rings is 1. The van der Waals surface area contributed by atoms with Crippen molar-refractivity contribution in [2.45, 2.75) is 13.8 Å². The van der Waals surface area contributed by atoms with Crippen LogP contribution >= 0.6 is 12.2 Å². The van der Waals surface area contributed by atoms with Crippen molar-refractivity contribution in [3.63, 3.8) is 0 Å². The van der Waals surface area contributed by atoms with Crippen LogP contribution in [0.4, 0.5) is 0 Å². The molecule has 0 bridgehead atoms. The van der Waals surface area contributed by atoms with Crippen molar-refractivity contribution in [3.8, 4) is 5.75 Å². The van der Waals surface area contributed by atoms with Gasteiger partial charge in [0.2, 0.25) is 4.77 Å². The summed E-state index contributed by atoms with van der Waals surface area (Å²) in [4.78, 5) is 11.9. The van der Waals surface area contributed by atoms with Crippen LogP contribution in [-0.2, 0) is 0 Å². The predicted octanol–water partition coefficient (Wildman–Crippen LogP) is 1.89. The van der Waals surface area contributed by atoms with Crippen LogP contribution in [0.15, 0.2) is 34.2 Å². The van der Waals surface area contributed by atoms with Crippen LogP contribution in [0.25, 0.3) is 0 Å². The molecule has 1 aromatic carbocycles. The van der Waals surface area contributed by atoms with Crippen molar-refractivity contribution >= 4 is 18.4 Å². The lowest BCUT2D eigenvalue weighted by Crippen LogP contribution is -2.22. The average Bonchev–Trinajstić information content (AvgIpc) is 2.45. The van der Waals surface area contributed by atoms with E-state index < -0.39 is 0 Å². The van der Waals surface area contributed by atoms with Crippen LogP contribution < -0.4 is 10.3 Å². The minimum Gasteiger partial charge on any atom is -0.493 e. The van der Waals surface area contributed by atoms with Crippen molar-refractivity contribution in [2.24, 2.45) is 5.10 Å². The first-order valence-electron chi connectivity index (χ1n) is 6.08. The van der Waals surface area contributed by atoms with Crippen LogP contribution in [0.3, 0.4) is 0 Å². The van der Waals surface area contributed by atoms with Gasteiger partial charge in [-0.1, -0.05) is 12.1 Å². The number of hydrogen-bond acceptors (Lipinski definition) is 5. The van der Waals surface area contributed by atoms with Gasteiger partial charge in [-0.2, -0.15) is 14.9 Å². The summed E-state index contributed by atoms with van der Waals surface area (Å²) >= 11 is 5.00. The highest BCUT2D eigenvalue weighted by Gasteiger charge is 2.02. The van der Waals surface area contributed by atoms with Gasteiger partial charge in [0.1, 0.15) is 11.4 Å². The van der Waals surface area contributed by atoms with Crippen molar-refractivity contribution in [2.75, 3.05) is 6.61 Å². The van der Waals surface area contributed by atoms with Gasteiger partial charge in [-0.3, -0.25) is 9.89 Å². The lowest BCUT2D eigenvalue weighted by Gasteiger charge is -2.06. The molecule has 1 N–H and O–H groups in total. The lowest BCUT2D eigenvalue weighted by atomic mass is 10.2. The maximum atomic E-state index is 11.9. The highest BCUT2D eigenvalue weighted by Crippen LogP contribution is 2.15. The number of ether oxygens (including phenoxy) is 1. The summed E-state index contributed by atoms with van der Waals surface area (Å²) in [5.74, 6) is 0.701. The van der Waals surface area contributed by atoms with Crippen molar-refractivity contribution in [1.29, 1.82) is 0 Å². The zero-order valence-electron chi connectivity index (χ0n) is 11.2. The second-order valence-corrected chi connectivity index (χ2v) is 4.33. The molecular formula is C13H14N4O2S. The maximum Gasteiger partial charge on any atom is 0.296 e. The number of para-hydroxylation sites is 1. The molecule has 0 saturated heterocycles. The number of aryl methyl sites for hydroxylation is 1. The van der Waals surface area contributed by atoms with Crippen LogP contribution in [-0.4, -0.2) is 27.7 Å². The van der Waals surface area contributed by atoms with Crippen LogP contribution in [0.1, 0.15) is 18.2 Å². The van der Waals surface area contributed by atoms with E-state index in [4.69, 9.17) is 17.0 Å². The van der Waals surface area contributed by atoms with E-state index in [2.05, 4.69) is 15.3 Å². The second kappa shape index (κ2) is 6.25. The van der Waals surface area contributed by atoms with Crippen molar-refractivity contribution in [1.82, 2.24) is 14.9 Å². The maximum absolute atomic E-state index is 11.9. The minimum absolute atomic E-state index is 0.144. The molecule has 2 aromatic rings. The Morgan fingerprint density at radius 2 is 2.25 bits per heavy atom. The lowest BCUT2D eigenvalue weighted by molar-refractivity contribution is 0.340. The van der Waals surface area contributed by atoms with Crippen LogP contribution in [0, 0.1) is 11.7 Å². The summed E-state index contributed by atoms with van der Waals surface area (Å²) in [5.41, 5.74) is 0.720. The minimum atomic E-state index is -0.348. The third-order valence-electron chi connectivity index (χ3n) is 2.54. The topological polar surface area (TPSA) is 72.3 Å². The molecule has 0 saturated carbocycles. The number of H-pyrrole nitrogens is 1. The fourth-order valence-electron chi connectivity index (χ4n) is 1.57. The van der Waals surface area contributed by atoms with E-state index >= 15 is 0 Å². The van der Waals surface area contributed by atoms with E-state index in [1.54, 1.807) is 6.92 Å². The van der Waals surface area contributed by atoms with Crippen LogP contribution in [0.5, 0.6) is 5.75 Å². The van der Waals surface area contributed by atoms with E-state index in [9.17, 15) is 4.79 Å². The molecule has 1 heterocycles.